The lowest BCUT2D eigenvalue weighted by atomic mass is 10.2. The summed E-state index contributed by atoms with van der Waals surface area (Å²) in [6.45, 7) is 3.82. The number of aromatic nitrogens is 2. The van der Waals surface area contributed by atoms with Crippen LogP contribution >= 0.6 is 0 Å². The summed E-state index contributed by atoms with van der Waals surface area (Å²) in [6.07, 6.45) is 0. The topological polar surface area (TPSA) is 75.2 Å². The highest BCUT2D eigenvalue weighted by Gasteiger charge is 2.14. The first-order valence-corrected chi connectivity index (χ1v) is 8.34. The van der Waals surface area contributed by atoms with E-state index in [0.29, 0.717) is 5.82 Å². The molecule has 0 aliphatic rings. The molecule has 1 N–H and O–H groups in total. The molecule has 0 aliphatic carbocycles. The summed E-state index contributed by atoms with van der Waals surface area (Å²) in [4.78, 5) is 10.7. The Morgan fingerprint density at radius 2 is 1.73 bits per heavy atom. The van der Waals surface area contributed by atoms with E-state index in [1.165, 1.54) is 0 Å². The molecule has 0 radical (unpaired) electrons. The third-order valence-electron chi connectivity index (χ3n) is 3.10. The van der Waals surface area contributed by atoms with Crippen molar-refractivity contribution in [2.75, 3.05) is 19.0 Å². The van der Waals surface area contributed by atoms with Crippen LogP contribution in [0.25, 0.3) is 0 Å². The van der Waals surface area contributed by atoms with E-state index in [4.69, 9.17) is 0 Å². The van der Waals surface area contributed by atoms with Gasteiger partial charge >= 0.3 is 0 Å². The number of nitrogens with zero attached hydrogens (tertiary/aromatic N) is 3. The summed E-state index contributed by atoms with van der Waals surface area (Å²) in [5.74, 6) is 1.19. The Bertz CT molecular complexity index is 756. The zero-order valence-electron chi connectivity index (χ0n) is 13.2. The molecule has 1 heterocycles. The largest absolute Gasteiger partial charge is 0.363 e. The van der Waals surface area contributed by atoms with E-state index in [-0.39, 0.29) is 11.4 Å². The second-order valence-electron chi connectivity index (χ2n) is 5.32. The van der Waals surface area contributed by atoms with Crippen LogP contribution in [-0.2, 0) is 16.6 Å². The van der Waals surface area contributed by atoms with Crippen molar-refractivity contribution in [3.05, 3.63) is 47.4 Å². The minimum Gasteiger partial charge on any atom is -0.363 e. The molecular weight excluding hydrogens is 300 g/mol. The average Bonchev–Trinajstić information content (AvgIpc) is 2.45. The predicted octanol–water partition coefficient (Wildman–Crippen LogP) is 1.64. The van der Waals surface area contributed by atoms with E-state index in [2.05, 4.69) is 14.7 Å². The van der Waals surface area contributed by atoms with Gasteiger partial charge in [0.15, 0.2) is 0 Å². The van der Waals surface area contributed by atoms with Crippen LogP contribution in [-0.4, -0.2) is 32.5 Å². The summed E-state index contributed by atoms with van der Waals surface area (Å²) in [5, 5.41) is 0. The third-order valence-corrected chi connectivity index (χ3v) is 4.51. The molecule has 0 spiro atoms. The van der Waals surface area contributed by atoms with Gasteiger partial charge in [0.05, 0.1) is 11.4 Å². The van der Waals surface area contributed by atoms with E-state index in [1.54, 1.807) is 24.3 Å². The predicted molar refractivity (Wildman–Crippen MR) is 86.3 cm³/mol. The van der Waals surface area contributed by atoms with Gasteiger partial charge in [0, 0.05) is 25.9 Å². The zero-order valence-corrected chi connectivity index (χ0v) is 14.0. The number of nitrogens with one attached hydrogen (secondary N) is 1. The van der Waals surface area contributed by atoms with E-state index >= 15 is 0 Å². The van der Waals surface area contributed by atoms with Crippen molar-refractivity contribution >= 4 is 15.8 Å². The minimum absolute atomic E-state index is 0.0543. The number of hydrogen-bond donors (Lipinski definition) is 1. The van der Waals surface area contributed by atoms with E-state index in [9.17, 15) is 8.42 Å². The molecule has 0 amide bonds. The van der Waals surface area contributed by atoms with Gasteiger partial charge in [-0.25, -0.2) is 23.1 Å². The molecule has 0 unspecified atom stereocenters. The lowest BCUT2D eigenvalue weighted by Gasteiger charge is -2.13. The van der Waals surface area contributed by atoms with Gasteiger partial charge in [0.1, 0.15) is 11.6 Å². The third kappa shape index (κ3) is 4.02. The van der Waals surface area contributed by atoms with Crippen LogP contribution < -0.4 is 9.62 Å². The fourth-order valence-corrected chi connectivity index (χ4v) is 2.86. The van der Waals surface area contributed by atoms with Crippen LogP contribution in [0, 0.1) is 13.8 Å². The monoisotopic (exact) mass is 320 g/mol. The van der Waals surface area contributed by atoms with Crippen molar-refractivity contribution in [1.82, 2.24) is 14.7 Å². The molecule has 0 saturated carbocycles. The summed E-state index contributed by atoms with van der Waals surface area (Å²) in [7, 11) is 0.189. The molecule has 1 aromatic carbocycles. The molecule has 2 rings (SSSR count). The summed E-state index contributed by atoms with van der Waals surface area (Å²) >= 11 is 0. The van der Waals surface area contributed by atoms with E-state index < -0.39 is 10.0 Å². The average molecular weight is 320 g/mol. The van der Waals surface area contributed by atoms with Gasteiger partial charge < -0.3 is 4.90 Å². The maximum atomic E-state index is 12.2. The molecule has 1 aromatic heterocycles. The molecule has 22 heavy (non-hydrogen) atoms. The van der Waals surface area contributed by atoms with Gasteiger partial charge in [0.2, 0.25) is 10.0 Å². The van der Waals surface area contributed by atoms with E-state index in [0.717, 1.165) is 17.1 Å². The fraction of sp³-hybridized carbons (Fsp3) is 0.333. The van der Waals surface area contributed by atoms with Crippen molar-refractivity contribution in [3.63, 3.8) is 0 Å². The van der Waals surface area contributed by atoms with Gasteiger partial charge in [-0.2, -0.15) is 0 Å². The van der Waals surface area contributed by atoms with Crippen molar-refractivity contribution in [2.24, 2.45) is 0 Å². The quantitative estimate of drug-likeness (QED) is 0.906. The van der Waals surface area contributed by atoms with E-state index in [1.807, 2.05) is 38.9 Å². The van der Waals surface area contributed by atoms with Gasteiger partial charge in [-0.1, -0.05) is 17.7 Å². The number of sulfonamides is 1. The molecule has 6 nitrogen and oxygen atoms in total. The van der Waals surface area contributed by atoms with Gasteiger partial charge in [-0.3, -0.25) is 0 Å². The number of rotatable bonds is 5. The molecule has 7 heteroatoms. The first kappa shape index (κ1) is 16.4. The summed E-state index contributed by atoms with van der Waals surface area (Å²) < 4.78 is 27.0. The lowest BCUT2D eigenvalue weighted by molar-refractivity contribution is 0.579. The Morgan fingerprint density at radius 3 is 2.32 bits per heavy atom. The standard InChI is InChI=1S/C15H20N4O2S/c1-11-5-7-13(8-6-11)22(20,21)16-10-14-17-12(2)9-15(18-14)19(3)4/h5-9,16H,10H2,1-4H3. The molecular formula is C15H20N4O2S. The number of benzene rings is 1. The minimum atomic E-state index is -3.56. The molecule has 2 aromatic rings. The maximum Gasteiger partial charge on any atom is 0.240 e. The Labute approximate surface area is 131 Å². The molecule has 0 bridgehead atoms. The first-order chi connectivity index (χ1) is 10.3. The normalized spacial score (nSPS) is 11.5. The smallest absolute Gasteiger partial charge is 0.240 e. The van der Waals surface area contributed by atoms with Crippen LogP contribution in [0.1, 0.15) is 17.1 Å². The Hall–Kier alpha value is -1.99. The number of anilines is 1. The van der Waals surface area contributed by atoms with Crippen LogP contribution in [0.4, 0.5) is 5.82 Å². The lowest BCUT2D eigenvalue weighted by Crippen LogP contribution is -2.25. The van der Waals surface area contributed by atoms with Crippen molar-refractivity contribution in [2.45, 2.75) is 25.3 Å². The van der Waals surface area contributed by atoms with Crippen molar-refractivity contribution in [3.8, 4) is 0 Å². The maximum absolute atomic E-state index is 12.2. The first-order valence-electron chi connectivity index (χ1n) is 6.86. The van der Waals surface area contributed by atoms with Crippen LogP contribution in [0.5, 0.6) is 0 Å². The van der Waals surface area contributed by atoms with Crippen molar-refractivity contribution in [1.29, 1.82) is 0 Å². The van der Waals surface area contributed by atoms with Gasteiger partial charge in [-0.15, -0.1) is 0 Å². The Balaban J connectivity index is 2.17. The highest BCUT2D eigenvalue weighted by atomic mass is 32.2. The molecule has 118 valence electrons. The molecule has 0 saturated heterocycles. The van der Waals surface area contributed by atoms with Crippen LogP contribution in [0.2, 0.25) is 0 Å². The molecule has 0 atom stereocenters. The highest BCUT2D eigenvalue weighted by Crippen LogP contribution is 2.12. The molecule has 0 aliphatic heterocycles. The second-order valence-corrected chi connectivity index (χ2v) is 7.08. The Kier molecular flexibility index (Phi) is 4.77. The van der Waals surface area contributed by atoms with Gasteiger partial charge in [-0.05, 0) is 26.0 Å². The van der Waals surface area contributed by atoms with Crippen LogP contribution in [0.15, 0.2) is 35.2 Å². The fourth-order valence-electron chi connectivity index (χ4n) is 1.88. The summed E-state index contributed by atoms with van der Waals surface area (Å²) in [6, 6.07) is 8.54. The van der Waals surface area contributed by atoms with Gasteiger partial charge in [0.25, 0.3) is 0 Å². The zero-order chi connectivity index (χ0) is 16.3. The Morgan fingerprint density at radius 1 is 1.09 bits per heavy atom. The molecule has 0 fully saturated rings. The van der Waals surface area contributed by atoms with Crippen LogP contribution in [0.3, 0.4) is 0 Å². The summed E-state index contributed by atoms with van der Waals surface area (Å²) in [5.41, 5.74) is 1.81. The van der Waals surface area contributed by atoms with Crippen molar-refractivity contribution < 1.29 is 8.42 Å². The number of aryl methyl sites for hydroxylation is 2. The highest BCUT2D eigenvalue weighted by molar-refractivity contribution is 7.89. The number of hydrogen-bond acceptors (Lipinski definition) is 5. The SMILES string of the molecule is Cc1ccc(S(=O)(=O)NCc2nc(C)cc(N(C)C)n2)cc1. The second kappa shape index (κ2) is 6.41.